The van der Waals surface area contributed by atoms with Gasteiger partial charge < -0.3 is 20.1 Å². The van der Waals surface area contributed by atoms with Crippen LogP contribution in [-0.4, -0.2) is 52.9 Å². The first-order valence-corrected chi connectivity index (χ1v) is 9.66. The van der Waals surface area contributed by atoms with Gasteiger partial charge in [0.2, 0.25) is 0 Å². The Kier molecular flexibility index (Phi) is 11.3. The number of unbranched alkanes of at least 4 members (excludes halogenated alkanes) is 3. The minimum absolute atomic E-state index is 0.114. The average Bonchev–Trinajstić information content (AvgIpc) is 3.10. The zero-order valence-corrected chi connectivity index (χ0v) is 16.4. The molecule has 6 heteroatoms. The molecule has 0 aromatic rings. The first-order valence-electron chi connectivity index (χ1n) is 9.66. The normalized spacial score (nSPS) is 16.7. The molecule has 6 nitrogen and oxygen atoms in total. The maximum atomic E-state index is 11.0. The number of rotatable bonds is 12. The highest BCUT2D eigenvalue weighted by atomic mass is 16.5. The molecule has 1 aliphatic rings. The van der Waals surface area contributed by atoms with Gasteiger partial charge in [0.05, 0.1) is 7.11 Å². The lowest BCUT2D eigenvalue weighted by Crippen LogP contribution is -2.43. The van der Waals surface area contributed by atoms with Crippen molar-refractivity contribution in [2.24, 2.45) is 10.4 Å². The fourth-order valence-corrected chi connectivity index (χ4v) is 3.51. The summed E-state index contributed by atoms with van der Waals surface area (Å²) in [6.07, 6.45) is 11.0. The van der Waals surface area contributed by atoms with Gasteiger partial charge in [-0.05, 0) is 37.5 Å². The molecule has 0 spiro atoms. The molecule has 0 aliphatic heterocycles. The van der Waals surface area contributed by atoms with E-state index >= 15 is 0 Å². The molecule has 2 N–H and O–H groups in total. The summed E-state index contributed by atoms with van der Waals surface area (Å²) in [5.41, 5.74) is 0.363. The van der Waals surface area contributed by atoms with Crippen molar-refractivity contribution < 1.29 is 14.3 Å². The molecule has 0 heterocycles. The van der Waals surface area contributed by atoms with Gasteiger partial charge in [-0.25, -0.2) is 0 Å². The molecule has 1 aliphatic carbocycles. The minimum Gasteiger partial charge on any atom is -0.469 e. The Bertz CT molecular complexity index is 393. The van der Waals surface area contributed by atoms with Gasteiger partial charge in [0.1, 0.15) is 0 Å². The molecule has 0 saturated heterocycles. The van der Waals surface area contributed by atoms with E-state index in [9.17, 15) is 4.79 Å². The van der Waals surface area contributed by atoms with Crippen LogP contribution in [0.5, 0.6) is 0 Å². The molecule has 0 atom stereocenters. The van der Waals surface area contributed by atoms with Crippen LogP contribution in [0.3, 0.4) is 0 Å². The second-order valence-electron chi connectivity index (χ2n) is 7.04. The summed E-state index contributed by atoms with van der Waals surface area (Å²) in [5.74, 6) is 0.773. The third kappa shape index (κ3) is 9.10. The van der Waals surface area contributed by atoms with Gasteiger partial charge in [-0.2, -0.15) is 0 Å². The number of ether oxygens (including phenoxy) is 2. The number of hydrogen-bond donors (Lipinski definition) is 2. The average molecular weight is 356 g/mol. The van der Waals surface area contributed by atoms with Gasteiger partial charge in [-0.3, -0.25) is 9.79 Å². The predicted molar refractivity (Wildman–Crippen MR) is 102 cm³/mol. The zero-order chi connectivity index (χ0) is 18.4. The number of methoxy groups -OCH3 is 2. The summed E-state index contributed by atoms with van der Waals surface area (Å²) in [4.78, 5) is 15.4. The van der Waals surface area contributed by atoms with Gasteiger partial charge in [0.15, 0.2) is 5.96 Å². The van der Waals surface area contributed by atoms with E-state index in [4.69, 9.17) is 4.74 Å². The van der Waals surface area contributed by atoms with Gasteiger partial charge in [0, 0.05) is 40.3 Å². The summed E-state index contributed by atoms with van der Waals surface area (Å²) < 4.78 is 9.94. The van der Waals surface area contributed by atoms with Gasteiger partial charge in [-0.1, -0.05) is 25.7 Å². The number of aliphatic imine (C=N–C) groups is 1. The molecule has 0 bridgehead atoms. The first kappa shape index (κ1) is 21.7. The zero-order valence-electron chi connectivity index (χ0n) is 16.4. The third-order valence-electron chi connectivity index (χ3n) is 5.18. The van der Waals surface area contributed by atoms with Crippen LogP contribution in [0.4, 0.5) is 0 Å². The van der Waals surface area contributed by atoms with Gasteiger partial charge in [-0.15, -0.1) is 0 Å². The van der Waals surface area contributed by atoms with E-state index < -0.39 is 0 Å². The maximum Gasteiger partial charge on any atom is 0.305 e. The standard InChI is InChI=1S/C19H37N3O3/c1-20-18(21-14-9-5-4-6-10-17(23)25-3)22-16-19(13-15-24-2)11-7-8-12-19/h4-16H2,1-3H3,(H2,20,21,22). The second-order valence-corrected chi connectivity index (χ2v) is 7.04. The second kappa shape index (κ2) is 13.0. The molecule has 0 unspecified atom stereocenters. The van der Waals surface area contributed by atoms with Crippen molar-refractivity contribution in [2.45, 2.75) is 64.2 Å². The van der Waals surface area contributed by atoms with Crippen molar-refractivity contribution in [2.75, 3.05) is 41.0 Å². The number of nitrogens with zero attached hydrogens (tertiary/aromatic N) is 1. The number of nitrogens with one attached hydrogen (secondary N) is 2. The fourth-order valence-electron chi connectivity index (χ4n) is 3.51. The van der Waals surface area contributed by atoms with Crippen LogP contribution in [0.15, 0.2) is 4.99 Å². The van der Waals surface area contributed by atoms with Crippen LogP contribution in [0, 0.1) is 5.41 Å². The monoisotopic (exact) mass is 355 g/mol. The number of carbonyl (C=O) groups is 1. The predicted octanol–water partition coefficient (Wildman–Crippen LogP) is 2.87. The van der Waals surface area contributed by atoms with E-state index in [1.165, 1.54) is 32.8 Å². The summed E-state index contributed by atoms with van der Waals surface area (Å²) in [6, 6.07) is 0. The Balaban J connectivity index is 2.16. The van der Waals surface area contributed by atoms with Crippen molar-refractivity contribution in [3.8, 4) is 0 Å². The quantitative estimate of drug-likeness (QED) is 0.244. The van der Waals surface area contributed by atoms with Crippen molar-refractivity contribution in [3.05, 3.63) is 0 Å². The summed E-state index contributed by atoms with van der Waals surface area (Å²) in [5, 5.41) is 6.90. The largest absolute Gasteiger partial charge is 0.469 e. The van der Waals surface area contributed by atoms with Crippen LogP contribution < -0.4 is 10.6 Å². The van der Waals surface area contributed by atoms with Crippen LogP contribution in [0.2, 0.25) is 0 Å². The van der Waals surface area contributed by atoms with Gasteiger partial charge in [0.25, 0.3) is 0 Å². The molecular formula is C19H37N3O3. The molecule has 0 amide bonds. The van der Waals surface area contributed by atoms with E-state index in [2.05, 4.69) is 20.4 Å². The molecule has 0 aromatic carbocycles. The van der Waals surface area contributed by atoms with E-state index in [1.54, 1.807) is 7.11 Å². The molecule has 0 radical (unpaired) electrons. The maximum absolute atomic E-state index is 11.0. The van der Waals surface area contributed by atoms with Crippen LogP contribution in [0.1, 0.15) is 64.2 Å². The van der Waals surface area contributed by atoms with Crippen molar-refractivity contribution >= 4 is 11.9 Å². The van der Waals surface area contributed by atoms with Crippen LogP contribution in [0.25, 0.3) is 0 Å². The Hall–Kier alpha value is -1.30. The molecule has 25 heavy (non-hydrogen) atoms. The van der Waals surface area contributed by atoms with Crippen LogP contribution in [-0.2, 0) is 14.3 Å². The highest BCUT2D eigenvalue weighted by Gasteiger charge is 2.33. The highest BCUT2D eigenvalue weighted by Crippen LogP contribution is 2.40. The molecule has 1 rings (SSSR count). The van der Waals surface area contributed by atoms with Crippen LogP contribution >= 0.6 is 0 Å². The number of hydrogen-bond acceptors (Lipinski definition) is 4. The SMILES string of the molecule is CN=C(NCCCCCCC(=O)OC)NCC1(CCOC)CCCC1. The molecule has 1 saturated carbocycles. The summed E-state index contributed by atoms with van der Waals surface area (Å²) in [7, 11) is 5.04. The van der Waals surface area contributed by atoms with E-state index in [0.29, 0.717) is 11.8 Å². The lowest BCUT2D eigenvalue weighted by Gasteiger charge is -2.30. The summed E-state index contributed by atoms with van der Waals surface area (Å²) in [6.45, 7) is 2.71. The van der Waals surface area contributed by atoms with E-state index in [0.717, 1.165) is 57.8 Å². The molecule has 1 fully saturated rings. The van der Waals surface area contributed by atoms with E-state index in [-0.39, 0.29) is 5.97 Å². The molecular weight excluding hydrogens is 318 g/mol. The first-order chi connectivity index (χ1) is 12.2. The lowest BCUT2D eigenvalue weighted by molar-refractivity contribution is -0.140. The van der Waals surface area contributed by atoms with Gasteiger partial charge >= 0.3 is 5.97 Å². The smallest absolute Gasteiger partial charge is 0.305 e. The highest BCUT2D eigenvalue weighted by molar-refractivity contribution is 5.79. The summed E-state index contributed by atoms with van der Waals surface area (Å²) >= 11 is 0. The lowest BCUT2D eigenvalue weighted by atomic mass is 9.83. The Morgan fingerprint density at radius 2 is 1.80 bits per heavy atom. The number of esters is 1. The third-order valence-corrected chi connectivity index (χ3v) is 5.18. The van der Waals surface area contributed by atoms with Crippen molar-refractivity contribution in [1.82, 2.24) is 10.6 Å². The van der Waals surface area contributed by atoms with E-state index in [1.807, 2.05) is 7.05 Å². The Morgan fingerprint density at radius 3 is 2.44 bits per heavy atom. The number of carbonyl (C=O) groups excluding carboxylic acids is 1. The van der Waals surface area contributed by atoms with Crippen molar-refractivity contribution in [1.29, 1.82) is 0 Å². The Labute approximate surface area is 153 Å². The topological polar surface area (TPSA) is 72.0 Å². The molecule has 146 valence electrons. The fraction of sp³-hybridized carbons (Fsp3) is 0.895. The van der Waals surface area contributed by atoms with Crippen molar-refractivity contribution in [3.63, 3.8) is 0 Å². The number of guanidine groups is 1. The molecule has 0 aromatic heterocycles. The Morgan fingerprint density at radius 1 is 1.08 bits per heavy atom. The minimum atomic E-state index is -0.114.